The molecule has 2 N–H and O–H groups in total. The smallest absolute Gasteiger partial charge is 0.246 e. The number of fused-ring (bicyclic) bond motifs is 1. The van der Waals surface area contributed by atoms with Crippen molar-refractivity contribution in [2.75, 3.05) is 5.32 Å². The van der Waals surface area contributed by atoms with E-state index in [1.54, 1.807) is 29.2 Å². The summed E-state index contributed by atoms with van der Waals surface area (Å²) in [4.78, 5) is 43.7. The van der Waals surface area contributed by atoms with Gasteiger partial charge in [-0.15, -0.1) is 0 Å². The third kappa shape index (κ3) is 4.86. The average Bonchev–Trinajstić information content (AvgIpc) is 3.58. The molecule has 3 fully saturated rings. The van der Waals surface area contributed by atoms with Gasteiger partial charge >= 0.3 is 0 Å². The molecule has 216 valence electrons. The van der Waals surface area contributed by atoms with Gasteiger partial charge < -0.3 is 20.3 Å². The predicted molar refractivity (Wildman–Crippen MR) is 158 cm³/mol. The zero-order valence-corrected chi connectivity index (χ0v) is 24.9. The van der Waals surface area contributed by atoms with Gasteiger partial charge in [-0.3, -0.25) is 14.4 Å². The summed E-state index contributed by atoms with van der Waals surface area (Å²) in [6.45, 7) is 6.49. The van der Waals surface area contributed by atoms with E-state index in [2.05, 4.69) is 24.5 Å². The lowest BCUT2D eigenvalue weighted by atomic mass is 9.73. The second-order valence-electron chi connectivity index (χ2n) is 12.1. The van der Waals surface area contributed by atoms with Crippen LogP contribution in [0.1, 0.15) is 44.2 Å². The average molecular weight is 597 g/mol. The largest absolute Gasteiger partial charge is 0.359 e. The molecular formula is C32H35Cl2N3O4. The van der Waals surface area contributed by atoms with Crippen molar-refractivity contribution in [2.24, 2.45) is 23.7 Å². The van der Waals surface area contributed by atoms with Crippen LogP contribution in [0.15, 0.2) is 54.6 Å². The summed E-state index contributed by atoms with van der Waals surface area (Å²) in [7, 11) is 0. The van der Waals surface area contributed by atoms with Crippen LogP contribution in [0.3, 0.4) is 0 Å². The van der Waals surface area contributed by atoms with Crippen LogP contribution in [0.4, 0.5) is 5.69 Å². The van der Waals surface area contributed by atoms with Crippen molar-refractivity contribution in [3.63, 3.8) is 0 Å². The highest BCUT2D eigenvalue weighted by molar-refractivity contribution is 6.31. The van der Waals surface area contributed by atoms with Crippen LogP contribution in [0.2, 0.25) is 10.0 Å². The molecule has 8 atom stereocenters. The van der Waals surface area contributed by atoms with Gasteiger partial charge in [0.05, 0.1) is 17.9 Å². The lowest BCUT2D eigenvalue weighted by Crippen LogP contribution is -2.57. The number of carbonyl (C=O) groups is 3. The maximum absolute atomic E-state index is 14.2. The van der Waals surface area contributed by atoms with Gasteiger partial charge in [-0.25, -0.2) is 0 Å². The Hall–Kier alpha value is -2.87. The van der Waals surface area contributed by atoms with Crippen molar-refractivity contribution >= 4 is 46.6 Å². The topological polar surface area (TPSA) is 87.7 Å². The molecular weight excluding hydrogens is 561 g/mol. The quantitative estimate of drug-likeness (QED) is 0.430. The molecule has 3 heterocycles. The van der Waals surface area contributed by atoms with Gasteiger partial charge in [0, 0.05) is 28.3 Å². The molecule has 3 aliphatic heterocycles. The molecule has 2 aromatic carbocycles. The molecule has 2 aromatic rings. The van der Waals surface area contributed by atoms with Gasteiger partial charge in [0.15, 0.2) is 0 Å². The number of likely N-dealkylation sites (tertiary alicyclic amines) is 1. The fourth-order valence-electron chi connectivity index (χ4n) is 7.17. The number of aryl methyl sites for hydroxylation is 1. The van der Waals surface area contributed by atoms with Gasteiger partial charge in [0.2, 0.25) is 17.7 Å². The molecule has 1 spiro atoms. The predicted octanol–water partition coefficient (Wildman–Crippen LogP) is 5.53. The Morgan fingerprint density at radius 1 is 1.07 bits per heavy atom. The molecule has 2 saturated heterocycles. The lowest BCUT2D eigenvalue weighted by Gasteiger charge is -2.38. The molecule has 1 saturated carbocycles. The number of carbonyl (C=O) groups excluding carboxylic acids is 3. The molecule has 4 aliphatic rings. The molecule has 1 aliphatic carbocycles. The van der Waals surface area contributed by atoms with Crippen LogP contribution in [0.25, 0.3) is 0 Å². The second-order valence-corrected chi connectivity index (χ2v) is 13.0. The first-order valence-corrected chi connectivity index (χ1v) is 15.1. The Morgan fingerprint density at radius 3 is 2.56 bits per heavy atom. The van der Waals surface area contributed by atoms with E-state index in [-0.39, 0.29) is 30.3 Å². The van der Waals surface area contributed by atoms with Crippen LogP contribution in [-0.4, -0.2) is 46.4 Å². The number of hydrogen-bond donors (Lipinski definition) is 2. The van der Waals surface area contributed by atoms with Crippen molar-refractivity contribution in [3.8, 4) is 0 Å². The van der Waals surface area contributed by atoms with Gasteiger partial charge in [-0.05, 0) is 60.6 Å². The lowest BCUT2D eigenvalue weighted by molar-refractivity contribution is -0.142. The van der Waals surface area contributed by atoms with E-state index >= 15 is 0 Å². The van der Waals surface area contributed by atoms with E-state index in [4.69, 9.17) is 27.9 Å². The standard InChI is InChI=1S/C32H35Cl2N3O4/c1-17-5-4-6-24(19(17)3)36-30(39)28-32-14-13-25(41-32)26(29(38)35-22-12-7-18(2)23(34)15-22)27(32)31(40)37(28)16-20-8-10-21(33)11-9-20/h7-15,17,19,24-28H,4-6,16H2,1-3H3,(H,35,38)(H,36,39)/t17-,19+,24+,25+,26-,27+,28+,32+/m0/s1. The van der Waals surface area contributed by atoms with Crippen LogP contribution in [-0.2, 0) is 25.7 Å². The summed E-state index contributed by atoms with van der Waals surface area (Å²) in [5.41, 5.74) is 1.05. The number of ether oxygens (including phenoxy) is 1. The van der Waals surface area contributed by atoms with E-state index in [1.807, 2.05) is 37.3 Å². The van der Waals surface area contributed by atoms with Crippen LogP contribution >= 0.6 is 23.2 Å². The number of benzene rings is 2. The van der Waals surface area contributed by atoms with Crippen molar-refractivity contribution < 1.29 is 19.1 Å². The SMILES string of the molecule is Cc1ccc(NC(=O)[C@H]2[C@H]3C=C[C@@]4(O3)[C@H]2C(=O)N(Cc2ccc(Cl)cc2)[C@@H]4C(=O)N[C@@H]2CCC[C@H](C)[C@H]2C)cc1Cl. The van der Waals surface area contributed by atoms with Gasteiger partial charge in [-0.2, -0.15) is 0 Å². The molecule has 0 radical (unpaired) electrons. The summed E-state index contributed by atoms with van der Waals surface area (Å²) in [5, 5.41) is 7.35. The van der Waals surface area contributed by atoms with Gasteiger partial charge in [-0.1, -0.05) is 80.2 Å². The fourth-order valence-corrected chi connectivity index (χ4v) is 7.47. The molecule has 2 bridgehead atoms. The first kappa shape index (κ1) is 28.3. The fraction of sp³-hybridized carbons (Fsp3) is 0.469. The number of amides is 3. The minimum atomic E-state index is -1.23. The third-order valence-corrected chi connectivity index (χ3v) is 10.3. The number of nitrogens with one attached hydrogen (secondary N) is 2. The van der Waals surface area contributed by atoms with Crippen molar-refractivity contribution in [2.45, 2.75) is 70.4 Å². The van der Waals surface area contributed by atoms with E-state index in [0.29, 0.717) is 27.6 Å². The minimum Gasteiger partial charge on any atom is -0.359 e. The van der Waals surface area contributed by atoms with Crippen LogP contribution in [0.5, 0.6) is 0 Å². The van der Waals surface area contributed by atoms with Crippen molar-refractivity contribution in [1.29, 1.82) is 0 Å². The first-order valence-electron chi connectivity index (χ1n) is 14.4. The third-order valence-electron chi connectivity index (χ3n) is 9.67. The van der Waals surface area contributed by atoms with Crippen molar-refractivity contribution in [1.82, 2.24) is 10.2 Å². The maximum Gasteiger partial charge on any atom is 0.246 e. The summed E-state index contributed by atoms with van der Waals surface area (Å²) < 4.78 is 6.48. The van der Waals surface area contributed by atoms with Crippen LogP contribution < -0.4 is 10.6 Å². The zero-order valence-electron chi connectivity index (χ0n) is 23.4. The first-order chi connectivity index (χ1) is 19.6. The monoisotopic (exact) mass is 595 g/mol. The highest BCUT2D eigenvalue weighted by atomic mass is 35.5. The summed E-state index contributed by atoms with van der Waals surface area (Å²) in [6, 6.07) is 11.6. The molecule has 0 aromatic heterocycles. The number of anilines is 1. The Labute approximate surface area is 250 Å². The van der Waals surface area contributed by atoms with E-state index in [9.17, 15) is 14.4 Å². The zero-order chi connectivity index (χ0) is 29.1. The van der Waals surface area contributed by atoms with Crippen molar-refractivity contribution in [3.05, 3.63) is 75.8 Å². The molecule has 7 nitrogen and oxygen atoms in total. The van der Waals surface area contributed by atoms with E-state index in [0.717, 1.165) is 30.4 Å². The normalized spacial score (nSPS) is 33.6. The van der Waals surface area contributed by atoms with E-state index in [1.165, 1.54) is 0 Å². The number of hydrogen-bond acceptors (Lipinski definition) is 4. The minimum absolute atomic E-state index is 0.0159. The summed E-state index contributed by atoms with van der Waals surface area (Å²) >= 11 is 12.4. The highest BCUT2D eigenvalue weighted by Gasteiger charge is 2.72. The second kappa shape index (κ2) is 10.8. The van der Waals surface area contributed by atoms with E-state index < -0.39 is 29.6 Å². The maximum atomic E-state index is 14.2. The Bertz CT molecular complexity index is 1410. The Morgan fingerprint density at radius 2 is 1.83 bits per heavy atom. The summed E-state index contributed by atoms with van der Waals surface area (Å²) in [6.07, 6.45) is 6.15. The highest BCUT2D eigenvalue weighted by Crippen LogP contribution is 2.55. The number of nitrogens with zero attached hydrogens (tertiary/aromatic N) is 1. The molecule has 0 unspecified atom stereocenters. The van der Waals surface area contributed by atoms with Gasteiger partial charge in [0.1, 0.15) is 11.6 Å². The number of halogens is 2. The molecule has 9 heteroatoms. The van der Waals surface area contributed by atoms with Crippen LogP contribution in [0, 0.1) is 30.6 Å². The van der Waals surface area contributed by atoms with Gasteiger partial charge in [0.25, 0.3) is 0 Å². The summed E-state index contributed by atoms with van der Waals surface area (Å²) in [5.74, 6) is -1.63. The number of rotatable bonds is 6. The molecule has 41 heavy (non-hydrogen) atoms. The molecule has 6 rings (SSSR count). The molecule has 3 amide bonds. The Kier molecular flexibility index (Phi) is 7.41. The Balaban J connectivity index is 1.32.